The van der Waals surface area contributed by atoms with Gasteiger partial charge in [0.15, 0.2) is 0 Å². The van der Waals surface area contributed by atoms with E-state index >= 15 is 0 Å². The minimum Gasteiger partial charge on any atom is -0.310 e. The molecule has 112 valence electrons. The predicted molar refractivity (Wildman–Crippen MR) is 91.9 cm³/mol. The molecule has 0 spiro atoms. The molecule has 0 atom stereocenters. The van der Waals surface area contributed by atoms with Crippen molar-refractivity contribution in [1.29, 1.82) is 0 Å². The number of allylic oxidation sites excluding steroid dienone is 1. The fourth-order valence-electron chi connectivity index (χ4n) is 2.03. The lowest BCUT2D eigenvalue weighted by molar-refractivity contribution is 0.322. The molecule has 0 saturated carbocycles. The second kappa shape index (κ2) is 9.32. The van der Waals surface area contributed by atoms with Crippen molar-refractivity contribution in [3.8, 4) is 0 Å². The summed E-state index contributed by atoms with van der Waals surface area (Å²) >= 11 is 3.69. The summed E-state index contributed by atoms with van der Waals surface area (Å²) < 4.78 is 1.20. The Balaban J connectivity index is 2.52. The van der Waals surface area contributed by atoms with Crippen molar-refractivity contribution in [3.05, 3.63) is 46.5 Å². The van der Waals surface area contributed by atoms with Gasteiger partial charge in [0.05, 0.1) is 0 Å². The second-order valence-electron chi connectivity index (χ2n) is 5.63. The van der Waals surface area contributed by atoms with Gasteiger partial charge in [-0.1, -0.05) is 48.0 Å². The van der Waals surface area contributed by atoms with Gasteiger partial charge in [-0.05, 0) is 43.6 Å². The Morgan fingerprint density at radius 1 is 1.40 bits per heavy atom. The molecule has 1 rings (SSSR count). The number of nitrogens with one attached hydrogen (secondary N) is 1. The third kappa shape index (κ3) is 6.69. The zero-order chi connectivity index (χ0) is 15.0. The van der Waals surface area contributed by atoms with E-state index < -0.39 is 0 Å². The van der Waals surface area contributed by atoms with Crippen molar-refractivity contribution in [2.24, 2.45) is 0 Å². The number of rotatable bonds is 9. The first-order valence-corrected chi connectivity index (χ1v) is 8.12. The van der Waals surface area contributed by atoms with Crippen LogP contribution < -0.4 is 5.32 Å². The van der Waals surface area contributed by atoms with Crippen LogP contribution in [0, 0.1) is 0 Å². The van der Waals surface area contributed by atoms with E-state index in [0.717, 1.165) is 26.1 Å². The van der Waals surface area contributed by atoms with Crippen LogP contribution in [0.15, 0.2) is 35.3 Å². The van der Waals surface area contributed by atoms with Gasteiger partial charge in [-0.2, -0.15) is 0 Å². The average Bonchev–Trinajstić information content (AvgIpc) is 2.39. The maximum Gasteiger partial charge on any atom is 0.0241 e. The van der Waals surface area contributed by atoms with Gasteiger partial charge in [0.25, 0.3) is 0 Å². The lowest BCUT2D eigenvalue weighted by Gasteiger charge is -2.18. The minimum atomic E-state index is 0.518. The zero-order valence-electron chi connectivity index (χ0n) is 13.0. The van der Waals surface area contributed by atoms with E-state index in [4.69, 9.17) is 0 Å². The Bertz CT molecular complexity index is 415. The molecule has 1 aromatic carbocycles. The molecular formula is C17H27BrN2. The summed E-state index contributed by atoms with van der Waals surface area (Å²) in [6.45, 7) is 11.1. The molecule has 1 N–H and O–H groups in total. The van der Waals surface area contributed by atoms with Gasteiger partial charge in [-0.15, -0.1) is 6.58 Å². The van der Waals surface area contributed by atoms with Gasteiger partial charge in [-0.25, -0.2) is 0 Å². The second-order valence-corrected chi connectivity index (χ2v) is 6.48. The molecule has 0 fully saturated rings. The lowest BCUT2D eigenvalue weighted by Crippen LogP contribution is -2.22. The molecule has 0 saturated heterocycles. The molecular weight excluding hydrogens is 312 g/mol. The third-order valence-corrected chi connectivity index (χ3v) is 3.96. The minimum absolute atomic E-state index is 0.518. The van der Waals surface area contributed by atoms with Crippen LogP contribution in [0.3, 0.4) is 0 Å². The van der Waals surface area contributed by atoms with Crippen molar-refractivity contribution in [3.63, 3.8) is 0 Å². The molecule has 0 aliphatic carbocycles. The van der Waals surface area contributed by atoms with Crippen molar-refractivity contribution in [1.82, 2.24) is 10.2 Å². The number of benzene rings is 1. The van der Waals surface area contributed by atoms with Gasteiger partial charge in [-0.3, -0.25) is 0 Å². The van der Waals surface area contributed by atoms with Crippen molar-refractivity contribution < 1.29 is 0 Å². The van der Waals surface area contributed by atoms with Crippen molar-refractivity contribution >= 4 is 15.9 Å². The molecule has 2 nitrogen and oxygen atoms in total. The summed E-state index contributed by atoms with van der Waals surface area (Å²) in [5, 5.41) is 3.44. The molecule has 20 heavy (non-hydrogen) atoms. The fourth-order valence-corrected chi connectivity index (χ4v) is 2.58. The summed E-state index contributed by atoms with van der Waals surface area (Å²) in [6, 6.07) is 7.19. The van der Waals surface area contributed by atoms with E-state index in [2.05, 4.69) is 71.8 Å². The van der Waals surface area contributed by atoms with Crippen LogP contribution in [0.4, 0.5) is 0 Å². The fraction of sp³-hybridized carbons (Fsp3) is 0.529. The number of nitrogens with zero attached hydrogens (tertiary/aromatic N) is 1. The summed E-state index contributed by atoms with van der Waals surface area (Å²) in [6.07, 6.45) is 4.25. The van der Waals surface area contributed by atoms with Crippen LogP contribution >= 0.6 is 15.9 Å². The number of hydrogen-bond donors (Lipinski definition) is 1. The van der Waals surface area contributed by atoms with Crippen LogP contribution in [0.25, 0.3) is 0 Å². The van der Waals surface area contributed by atoms with Crippen molar-refractivity contribution in [2.45, 2.75) is 45.8 Å². The number of hydrogen-bond acceptors (Lipinski definition) is 2. The zero-order valence-corrected chi connectivity index (χ0v) is 14.5. The molecule has 0 aliphatic rings. The molecule has 1 aromatic rings. The highest BCUT2D eigenvalue weighted by molar-refractivity contribution is 9.10. The Labute approximate surface area is 132 Å². The number of halogens is 1. The van der Waals surface area contributed by atoms with Crippen LogP contribution in [0.5, 0.6) is 0 Å². The molecule has 0 radical (unpaired) electrons. The van der Waals surface area contributed by atoms with E-state index in [1.807, 2.05) is 6.08 Å². The Hall–Kier alpha value is -0.640. The monoisotopic (exact) mass is 338 g/mol. The number of unbranched alkanes of at least 4 members (excludes halogenated alkanes) is 1. The SMILES string of the molecule is C=CCCCN(C)Cc1ccc(CNC(C)C)cc1Br. The Morgan fingerprint density at radius 2 is 2.15 bits per heavy atom. The highest BCUT2D eigenvalue weighted by atomic mass is 79.9. The molecule has 3 heteroatoms. The molecule has 0 aliphatic heterocycles. The highest BCUT2D eigenvalue weighted by Gasteiger charge is 2.05. The van der Waals surface area contributed by atoms with Gasteiger partial charge in [0.1, 0.15) is 0 Å². The van der Waals surface area contributed by atoms with E-state index in [-0.39, 0.29) is 0 Å². The van der Waals surface area contributed by atoms with Gasteiger partial charge >= 0.3 is 0 Å². The first-order valence-electron chi connectivity index (χ1n) is 7.33. The standard InChI is InChI=1S/C17H27BrN2/c1-5-6-7-10-20(4)13-16-9-8-15(11-17(16)18)12-19-14(2)3/h5,8-9,11,14,19H,1,6-7,10,12-13H2,2-4H3. The molecule has 0 amide bonds. The molecule has 0 heterocycles. The van der Waals surface area contributed by atoms with Crippen LogP contribution in [0.1, 0.15) is 37.8 Å². The van der Waals surface area contributed by atoms with Crippen LogP contribution in [-0.4, -0.2) is 24.5 Å². The van der Waals surface area contributed by atoms with Gasteiger partial charge in [0.2, 0.25) is 0 Å². The smallest absolute Gasteiger partial charge is 0.0241 e. The van der Waals surface area contributed by atoms with Crippen LogP contribution in [0.2, 0.25) is 0 Å². The van der Waals surface area contributed by atoms with Crippen molar-refractivity contribution in [2.75, 3.05) is 13.6 Å². The predicted octanol–water partition coefficient (Wildman–Crippen LogP) is 4.35. The van der Waals surface area contributed by atoms with Gasteiger partial charge < -0.3 is 10.2 Å². The first-order chi connectivity index (χ1) is 9.52. The third-order valence-electron chi connectivity index (χ3n) is 3.22. The molecule has 0 aromatic heterocycles. The first kappa shape index (κ1) is 17.4. The Morgan fingerprint density at radius 3 is 2.75 bits per heavy atom. The van der Waals surface area contributed by atoms with E-state index in [9.17, 15) is 0 Å². The average molecular weight is 339 g/mol. The van der Waals surface area contributed by atoms with E-state index in [1.165, 1.54) is 22.0 Å². The normalized spacial score (nSPS) is 11.3. The highest BCUT2D eigenvalue weighted by Crippen LogP contribution is 2.20. The lowest BCUT2D eigenvalue weighted by atomic mass is 10.1. The largest absolute Gasteiger partial charge is 0.310 e. The molecule has 0 unspecified atom stereocenters. The Kier molecular flexibility index (Phi) is 8.12. The topological polar surface area (TPSA) is 15.3 Å². The van der Waals surface area contributed by atoms with Crippen LogP contribution in [-0.2, 0) is 13.1 Å². The summed E-state index contributed by atoms with van der Waals surface area (Å²) in [5.41, 5.74) is 2.67. The van der Waals surface area contributed by atoms with E-state index in [0.29, 0.717) is 6.04 Å². The van der Waals surface area contributed by atoms with E-state index in [1.54, 1.807) is 0 Å². The summed E-state index contributed by atoms with van der Waals surface area (Å²) in [7, 11) is 2.17. The van der Waals surface area contributed by atoms with Gasteiger partial charge in [0, 0.05) is 23.6 Å². The maximum absolute atomic E-state index is 3.76. The molecule has 0 bridgehead atoms. The summed E-state index contributed by atoms with van der Waals surface area (Å²) in [4.78, 5) is 2.36. The summed E-state index contributed by atoms with van der Waals surface area (Å²) in [5.74, 6) is 0. The quantitative estimate of drug-likeness (QED) is 0.532. The maximum atomic E-state index is 3.76.